The molecular formula is C18H14N2O2S2. The predicted octanol–water partition coefficient (Wildman–Crippen LogP) is 4.05. The maximum Gasteiger partial charge on any atom is 0.261 e. The van der Waals surface area contributed by atoms with E-state index in [1.54, 1.807) is 30.3 Å². The molecule has 0 amide bonds. The topological polar surface area (TPSA) is 58.2 Å². The first-order valence-electron chi connectivity index (χ1n) is 7.42. The fourth-order valence-electron chi connectivity index (χ4n) is 2.90. The summed E-state index contributed by atoms with van der Waals surface area (Å²) in [7, 11) is -3.64. The van der Waals surface area contributed by atoms with E-state index in [1.807, 2.05) is 31.2 Å². The van der Waals surface area contributed by atoms with Gasteiger partial charge in [-0.1, -0.05) is 48.1 Å². The van der Waals surface area contributed by atoms with Crippen LogP contribution in [0.1, 0.15) is 11.1 Å². The normalized spacial score (nSPS) is 13.1. The lowest BCUT2D eigenvalue weighted by atomic mass is 10.0. The van der Waals surface area contributed by atoms with Crippen LogP contribution in [0.3, 0.4) is 0 Å². The molecule has 0 spiro atoms. The van der Waals surface area contributed by atoms with Gasteiger partial charge >= 0.3 is 0 Å². The highest BCUT2D eigenvalue weighted by atomic mass is 32.2. The number of thiocarbonyl (C=S) groups is 1. The summed E-state index contributed by atoms with van der Waals surface area (Å²) in [6.07, 6.45) is 0. The van der Waals surface area contributed by atoms with Crippen molar-refractivity contribution in [1.29, 1.82) is 0 Å². The molecule has 0 aromatic heterocycles. The lowest BCUT2D eigenvalue weighted by Gasteiger charge is -2.12. The number of anilines is 2. The second-order valence-corrected chi connectivity index (χ2v) is 7.85. The van der Waals surface area contributed by atoms with Gasteiger partial charge < -0.3 is 5.32 Å². The molecule has 1 heterocycles. The molecule has 4 rings (SSSR count). The summed E-state index contributed by atoms with van der Waals surface area (Å²) >= 11 is 5.33. The van der Waals surface area contributed by atoms with Crippen molar-refractivity contribution in [1.82, 2.24) is 0 Å². The quantitative estimate of drug-likeness (QED) is 0.697. The Kier molecular flexibility index (Phi) is 3.33. The minimum Gasteiger partial charge on any atom is -0.346 e. The van der Waals surface area contributed by atoms with E-state index < -0.39 is 10.0 Å². The van der Waals surface area contributed by atoms with Crippen molar-refractivity contribution in [3.05, 3.63) is 65.7 Å². The summed E-state index contributed by atoms with van der Waals surface area (Å²) in [5.41, 5.74) is 3.39. The highest BCUT2D eigenvalue weighted by Gasteiger charge is 2.21. The molecule has 1 aliphatic rings. The van der Waals surface area contributed by atoms with Gasteiger partial charge in [0.15, 0.2) is 0 Å². The molecule has 0 bridgehead atoms. The van der Waals surface area contributed by atoms with Gasteiger partial charge in [0, 0.05) is 22.0 Å². The molecule has 3 aromatic carbocycles. The van der Waals surface area contributed by atoms with Gasteiger partial charge in [0.25, 0.3) is 10.0 Å². The minimum atomic E-state index is -3.64. The van der Waals surface area contributed by atoms with Gasteiger partial charge in [0.1, 0.15) is 4.99 Å². The first-order chi connectivity index (χ1) is 11.5. The molecule has 24 heavy (non-hydrogen) atoms. The van der Waals surface area contributed by atoms with Crippen LogP contribution >= 0.6 is 12.2 Å². The molecule has 0 fully saturated rings. The molecule has 0 unspecified atom stereocenters. The van der Waals surface area contributed by atoms with Crippen LogP contribution in [-0.4, -0.2) is 13.4 Å². The number of hydrogen-bond acceptors (Lipinski definition) is 3. The summed E-state index contributed by atoms with van der Waals surface area (Å²) < 4.78 is 28.0. The summed E-state index contributed by atoms with van der Waals surface area (Å²) in [5.74, 6) is 0. The van der Waals surface area contributed by atoms with Crippen molar-refractivity contribution in [2.75, 3.05) is 10.0 Å². The lowest BCUT2D eigenvalue weighted by molar-refractivity contribution is 0.601. The van der Waals surface area contributed by atoms with Crippen LogP contribution < -0.4 is 10.0 Å². The van der Waals surface area contributed by atoms with Crippen LogP contribution in [-0.2, 0) is 10.0 Å². The van der Waals surface area contributed by atoms with Crippen molar-refractivity contribution >= 4 is 49.4 Å². The van der Waals surface area contributed by atoms with Crippen LogP contribution in [0.5, 0.6) is 0 Å². The lowest BCUT2D eigenvalue weighted by Crippen LogP contribution is -2.13. The zero-order valence-electron chi connectivity index (χ0n) is 12.8. The van der Waals surface area contributed by atoms with Crippen LogP contribution in [0.2, 0.25) is 0 Å². The number of benzene rings is 3. The molecular weight excluding hydrogens is 340 g/mol. The smallest absolute Gasteiger partial charge is 0.261 e. The predicted molar refractivity (Wildman–Crippen MR) is 101 cm³/mol. The number of sulfonamides is 1. The number of nitrogens with one attached hydrogen (secondary N) is 2. The first kappa shape index (κ1) is 15.1. The van der Waals surface area contributed by atoms with Crippen molar-refractivity contribution in [3.63, 3.8) is 0 Å². The average molecular weight is 354 g/mol. The van der Waals surface area contributed by atoms with E-state index in [9.17, 15) is 8.42 Å². The molecule has 120 valence electrons. The molecule has 0 saturated heterocycles. The van der Waals surface area contributed by atoms with Gasteiger partial charge in [-0.05, 0) is 31.2 Å². The molecule has 0 atom stereocenters. The highest BCUT2D eigenvalue weighted by molar-refractivity contribution is 7.92. The number of aryl methyl sites for hydroxylation is 1. The fourth-order valence-corrected chi connectivity index (χ4v) is 4.26. The summed E-state index contributed by atoms with van der Waals surface area (Å²) in [6.45, 7) is 1.92. The molecule has 0 radical (unpaired) electrons. The van der Waals surface area contributed by atoms with Crippen molar-refractivity contribution < 1.29 is 8.42 Å². The summed E-state index contributed by atoms with van der Waals surface area (Å²) in [5, 5.41) is 4.93. The zero-order chi connectivity index (χ0) is 16.9. The van der Waals surface area contributed by atoms with Crippen molar-refractivity contribution in [2.45, 2.75) is 11.8 Å². The Labute approximate surface area is 145 Å². The number of hydrogen-bond donors (Lipinski definition) is 2. The summed E-state index contributed by atoms with van der Waals surface area (Å²) in [6, 6.07) is 16.1. The third-order valence-corrected chi connectivity index (χ3v) is 5.81. The van der Waals surface area contributed by atoms with Gasteiger partial charge in [-0.3, -0.25) is 4.72 Å². The Morgan fingerprint density at radius 1 is 1.00 bits per heavy atom. The third kappa shape index (κ3) is 2.35. The fraction of sp³-hybridized carbons (Fsp3) is 0.0556. The van der Waals surface area contributed by atoms with E-state index >= 15 is 0 Å². The summed E-state index contributed by atoms with van der Waals surface area (Å²) in [4.78, 5) is 0.902. The van der Waals surface area contributed by atoms with E-state index in [0.717, 1.165) is 27.6 Å². The van der Waals surface area contributed by atoms with E-state index in [1.165, 1.54) is 0 Å². The third-order valence-electron chi connectivity index (χ3n) is 4.11. The first-order valence-corrected chi connectivity index (χ1v) is 9.31. The molecule has 4 nitrogen and oxygen atoms in total. The SMILES string of the molecule is Cc1ccc(S(=O)(=O)Nc2ccc3c4c(cccc24)C(=S)N3)cc1. The van der Waals surface area contributed by atoms with Gasteiger partial charge in [0.2, 0.25) is 0 Å². The largest absolute Gasteiger partial charge is 0.346 e. The van der Waals surface area contributed by atoms with Crippen LogP contribution in [0, 0.1) is 6.92 Å². The van der Waals surface area contributed by atoms with Crippen LogP contribution in [0.25, 0.3) is 10.8 Å². The van der Waals surface area contributed by atoms with Crippen LogP contribution in [0.4, 0.5) is 11.4 Å². The van der Waals surface area contributed by atoms with Gasteiger partial charge in [-0.15, -0.1) is 0 Å². The van der Waals surface area contributed by atoms with E-state index in [2.05, 4.69) is 10.0 Å². The van der Waals surface area contributed by atoms with E-state index in [-0.39, 0.29) is 4.90 Å². The standard InChI is InChI=1S/C18H14N2O2S2/c1-11-5-7-12(8-6-11)24(21,22)20-15-9-10-16-17-13(15)3-2-4-14(17)18(23)19-16/h2-10,20H,1H3,(H,19,23). The Morgan fingerprint density at radius 2 is 1.75 bits per heavy atom. The zero-order valence-corrected chi connectivity index (χ0v) is 14.5. The highest BCUT2D eigenvalue weighted by Crippen LogP contribution is 2.38. The Hall–Kier alpha value is -2.44. The Balaban J connectivity index is 1.83. The second kappa shape index (κ2) is 5.29. The minimum absolute atomic E-state index is 0.241. The molecule has 1 aliphatic heterocycles. The van der Waals surface area contributed by atoms with E-state index in [0.29, 0.717) is 10.7 Å². The maximum absolute atomic E-state index is 12.7. The van der Waals surface area contributed by atoms with E-state index in [4.69, 9.17) is 12.2 Å². The Bertz CT molecular complexity index is 1090. The molecule has 6 heteroatoms. The van der Waals surface area contributed by atoms with Crippen molar-refractivity contribution in [3.8, 4) is 0 Å². The number of rotatable bonds is 3. The Morgan fingerprint density at radius 3 is 2.50 bits per heavy atom. The van der Waals surface area contributed by atoms with Crippen molar-refractivity contribution in [2.24, 2.45) is 0 Å². The van der Waals surface area contributed by atoms with Gasteiger partial charge in [-0.25, -0.2) is 8.42 Å². The van der Waals surface area contributed by atoms with Crippen LogP contribution in [0.15, 0.2) is 59.5 Å². The molecule has 0 aliphatic carbocycles. The molecule has 3 aromatic rings. The van der Waals surface area contributed by atoms with Gasteiger partial charge in [0.05, 0.1) is 10.6 Å². The average Bonchev–Trinajstić information content (AvgIpc) is 2.88. The van der Waals surface area contributed by atoms with Gasteiger partial charge in [-0.2, -0.15) is 0 Å². The maximum atomic E-state index is 12.7. The molecule has 2 N–H and O–H groups in total. The second-order valence-electron chi connectivity index (χ2n) is 5.76. The molecule has 0 saturated carbocycles. The monoisotopic (exact) mass is 354 g/mol.